The largest absolute Gasteiger partial charge is 0.493 e. The first-order valence-electron chi connectivity index (χ1n) is 5.50. The van der Waals surface area contributed by atoms with E-state index in [4.69, 9.17) is 20.9 Å². The number of anilines is 1. The minimum Gasteiger partial charge on any atom is -0.493 e. The van der Waals surface area contributed by atoms with E-state index in [-0.39, 0.29) is 26.1 Å². The predicted molar refractivity (Wildman–Crippen MR) is 65.7 cm³/mol. The summed E-state index contributed by atoms with van der Waals surface area (Å²) in [6, 6.07) is 6.85. The van der Waals surface area contributed by atoms with Crippen molar-refractivity contribution < 1.29 is 19.1 Å². The Morgan fingerprint density at radius 2 is 1.72 bits per heavy atom. The molecule has 0 fully saturated rings. The lowest BCUT2D eigenvalue weighted by Gasteiger charge is -2.06. The molecule has 0 heterocycles. The Labute approximate surface area is 105 Å². The molecule has 6 nitrogen and oxygen atoms in total. The van der Waals surface area contributed by atoms with Crippen LogP contribution in [-0.4, -0.2) is 25.1 Å². The lowest BCUT2D eigenvalue weighted by Crippen LogP contribution is -2.16. The third kappa shape index (κ3) is 5.74. The fourth-order valence-electron chi connectivity index (χ4n) is 1.15. The fourth-order valence-corrected chi connectivity index (χ4v) is 1.15. The molecule has 0 aliphatic heterocycles. The van der Waals surface area contributed by atoms with Crippen molar-refractivity contribution in [3.05, 3.63) is 24.3 Å². The van der Waals surface area contributed by atoms with Gasteiger partial charge < -0.3 is 20.9 Å². The molecule has 1 amide bonds. The van der Waals surface area contributed by atoms with Gasteiger partial charge in [0, 0.05) is 5.69 Å². The number of nitrogen functional groups attached to an aromatic ring is 1. The van der Waals surface area contributed by atoms with Gasteiger partial charge in [-0.1, -0.05) is 0 Å². The van der Waals surface area contributed by atoms with E-state index in [1.807, 2.05) is 0 Å². The first-order valence-corrected chi connectivity index (χ1v) is 5.50. The molecule has 0 saturated heterocycles. The zero-order valence-corrected chi connectivity index (χ0v) is 9.93. The van der Waals surface area contributed by atoms with Crippen LogP contribution in [0.1, 0.15) is 12.8 Å². The molecule has 0 aliphatic carbocycles. The molecule has 0 aromatic heterocycles. The van der Waals surface area contributed by atoms with Crippen molar-refractivity contribution >= 4 is 17.6 Å². The van der Waals surface area contributed by atoms with Crippen molar-refractivity contribution in [3.63, 3.8) is 0 Å². The number of hydrogen-bond acceptors (Lipinski definition) is 5. The number of amides is 1. The molecule has 1 rings (SSSR count). The molecule has 18 heavy (non-hydrogen) atoms. The molecule has 0 atom stereocenters. The second kappa shape index (κ2) is 7.16. The van der Waals surface area contributed by atoms with Crippen molar-refractivity contribution in [1.82, 2.24) is 0 Å². The highest BCUT2D eigenvalue weighted by molar-refractivity contribution is 5.74. The lowest BCUT2D eigenvalue weighted by atomic mass is 10.3. The number of ether oxygens (including phenoxy) is 2. The maximum absolute atomic E-state index is 11.2. The standard InChI is InChI=1S/C12H16N2O4/c13-9-1-3-10(4-2-9)17-8-6-12(16)18-7-5-11(14)15/h1-4H,5-8,13H2,(H2,14,15). The molecule has 0 spiro atoms. The van der Waals surface area contributed by atoms with Crippen LogP contribution >= 0.6 is 0 Å². The van der Waals surface area contributed by atoms with Gasteiger partial charge in [0.1, 0.15) is 12.4 Å². The van der Waals surface area contributed by atoms with Crippen LogP contribution in [0.25, 0.3) is 0 Å². The van der Waals surface area contributed by atoms with Crippen LogP contribution in [0.4, 0.5) is 5.69 Å². The van der Waals surface area contributed by atoms with Gasteiger partial charge >= 0.3 is 5.97 Å². The van der Waals surface area contributed by atoms with E-state index in [1.54, 1.807) is 24.3 Å². The molecule has 6 heteroatoms. The second-order valence-corrected chi connectivity index (χ2v) is 3.60. The Morgan fingerprint density at radius 3 is 2.33 bits per heavy atom. The molecule has 0 unspecified atom stereocenters. The van der Waals surface area contributed by atoms with Gasteiger partial charge in [-0.25, -0.2) is 0 Å². The molecule has 1 aromatic rings. The predicted octanol–water partition coefficient (Wildman–Crippen LogP) is 0.456. The van der Waals surface area contributed by atoms with Crippen molar-refractivity contribution in [2.75, 3.05) is 18.9 Å². The molecule has 98 valence electrons. The van der Waals surface area contributed by atoms with Crippen LogP contribution in [0.3, 0.4) is 0 Å². The summed E-state index contributed by atoms with van der Waals surface area (Å²) in [6.07, 6.45) is 0.147. The van der Waals surface area contributed by atoms with Crippen LogP contribution in [0, 0.1) is 0 Å². The number of benzene rings is 1. The van der Waals surface area contributed by atoms with Gasteiger partial charge in [0.05, 0.1) is 19.4 Å². The number of rotatable bonds is 7. The number of hydrogen-bond donors (Lipinski definition) is 2. The van der Waals surface area contributed by atoms with Crippen molar-refractivity contribution in [2.24, 2.45) is 5.73 Å². The third-order valence-electron chi connectivity index (χ3n) is 2.07. The summed E-state index contributed by atoms with van der Waals surface area (Å²) in [5.41, 5.74) is 11.1. The summed E-state index contributed by atoms with van der Waals surface area (Å²) in [5.74, 6) is -0.290. The molecule has 1 aromatic carbocycles. The van der Waals surface area contributed by atoms with Gasteiger partial charge in [-0.2, -0.15) is 0 Å². The maximum atomic E-state index is 11.2. The van der Waals surface area contributed by atoms with Crippen LogP contribution in [0.15, 0.2) is 24.3 Å². The first-order chi connectivity index (χ1) is 8.58. The van der Waals surface area contributed by atoms with E-state index in [2.05, 4.69) is 0 Å². The van der Waals surface area contributed by atoms with Crippen LogP contribution in [0.2, 0.25) is 0 Å². The molecular weight excluding hydrogens is 236 g/mol. The number of carbonyl (C=O) groups excluding carboxylic acids is 2. The Balaban J connectivity index is 2.15. The van der Waals surface area contributed by atoms with Crippen LogP contribution in [0.5, 0.6) is 5.75 Å². The number of primary amides is 1. The lowest BCUT2D eigenvalue weighted by molar-refractivity contribution is -0.144. The van der Waals surface area contributed by atoms with Gasteiger partial charge in [-0.05, 0) is 24.3 Å². The van der Waals surface area contributed by atoms with E-state index in [0.717, 1.165) is 0 Å². The van der Waals surface area contributed by atoms with Crippen LogP contribution < -0.4 is 16.2 Å². The summed E-state index contributed by atoms with van der Waals surface area (Å²) in [7, 11) is 0. The highest BCUT2D eigenvalue weighted by atomic mass is 16.5. The minimum atomic E-state index is -0.499. The van der Waals surface area contributed by atoms with E-state index < -0.39 is 11.9 Å². The van der Waals surface area contributed by atoms with Gasteiger partial charge in [-0.15, -0.1) is 0 Å². The number of esters is 1. The molecule has 0 radical (unpaired) electrons. The zero-order valence-electron chi connectivity index (χ0n) is 9.93. The Bertz CT molecular complexity index is 403. The summed E-state index contributed by atoms with van der Waals surface area (Å²) < 4.78 is 10.1. The van der Waals surface area contributed by atoms with Gasteiger partial charge in [0.25, 0.3) is 0 Å². The molecule has 0 bridgehead atoms. The second-order valence-electron chi connectivity index (χ2n) is 3.60. The smallest absolute Gasteiger partial charge is 0.309 e. The van der Waals surface area contributed by atoms with E-state index in [0.29, 0.717) is 11.4 Å². The average Bonchev–Trinajstić information content (AvgIpc) is 2.31. The van der Waals surface area contributed by atoms with Gasteiger partial charge in [0.15, 0.2) is 0 Å². The zero-order chi connectivity index (χ0) is 13.4. The van der Waals surface area contributed by atoms with E-state index in [1.165, 1.54) is 0 Å². The monoisotopic (exact) mass is 252 g/mol. The minimum absolute atomic E-state index is 0.00996. The molecule has 0 aliphatic rings. The van der Waals surface area contributed by atoms with Crippen LogP contribution in [-0.2, 0) is 14.3 Å². The molecule has 4 N–H and O–H groups in total. The maximum Gasteiger partial charge on any atom is 0.309 e. The Hall–Kier alpha value is -2.24. The highest BCUT2D eigenvalue weighted by Crippen LogP contribution is 2.13. The normalized spacial score (nSPS) is 9.78. The number of carbonyl (C=O) groups is 2. The molecular formula is C12H16N2O4. The Kier molecular flexibility index (Phi) is 5.50. The third-order valence-corrected chi connectivity index (χ3v) is 2.07. The van der Waals surface area contributed by atoms with E-state index in [9.17, 15) is 9.59 Å². The average molecular weight is 252 g/mol. The fraction of sp³-hybridized carbons (Fsp3) is 0.333. The van der Waals surface area contributed by atoms with Crippen molar-refractivity contribution in [2.45, 2.75) is 12.8 Å². The SMILES string of the molecule is NC(=O)CCOC(=O)CCOc1ccc(N)cc1. The topological polar surface area (TPSA) is 105 Å². The summed E-state index contributed by atoms with van der Waals surface area (Å²) in [5, 5.41) is 0. The van der Waals surface area contributed by atoms with Gasteiger partial charge in [-0.3, -0.25) is 9.59 Å². The Morgan fingerprint density at radius 1 is 1.06 bits per heavy atom. The molecule has 0 saturated carbocycles. The van der Waals surface area contributed by atoms with Gasteiger partial charge in [0.2, 0.25) is 5.91 Å². The quantitative estimate of drug-likeness (QED) is 0.541. The van der Waals surface area contributed by atoms with Crippen molar-refractivity contribution in [1.29, 1.82) is 0 Å². The summed E-state index contributed by atoms with van der Waals surface area (Å²) in [4.78, 5) is 21.6. The van der Waals surface area contributed by atoms with E-state index >= 15 is 0 Å². The first kappa shape index (κ1) is 13.8. The summed E-state index contributed by atoms with van der Waals surface area (Å²) >= 11 is 0. The van der Waals surface area contributed by atoms with Crippen molar-refractivity contribution in [3.8, 4) is 5.75 Å². The number of nitrogens with two attached hydrogens (primary N) is 2. The highest BCUT2D eigenvalue weighted by Gasteiger charge is 2.04. The summed E-state index contributed by atoms with van der Waals surface area (Å²) in [6.45, 7) is 0.218.